The minimum absolute atomic E-state index is 0.0634. The fraction of sp³-hybridized carbons (Fsp3) is 0.476. The molecule has 8 nitrogen and oxygen atoms in total. The van der Waals surface area contributed by atoms with E-state index >= 15 is 0 Å². The Labute approximate surface area is 191 Å². The molecule has 3 fully saturated rings. The lowest BCUT2D eigenvalue weighted by Crippen LogP contribution is -2.70. The van der Waals surface area contributed by atoms with Gasteiger partial charge in [0.25, 0.3) is 17.7 Å². The Balaban J connectivity index is 1.34. The molecular weight excluding hydrogens is 467 g/mol. The number of carbonyl (C=O) groups is 2. The molecule has 12 heteroatoms. The molecule has 2 bridgehead atoms. The zero-order chi connectivity index (χ0) is 23.8. The van der Waals surface area contributed by atoms with Gasteiger partial charge >= 0.3 is 6.43 Å². The molecule has 1 aromatic heterocycles. The number of ether oxygens (including phenoxy) is 1. The summed E-state index contributed by atoms with van der Waals surface area (Å²) in [6.45, 7) is -0.380. The number of nitrogens with zero attached hydrogens (tertiary/aromatic N) is 1. The first-order valence-electron chi connectivity index (χ1n) is 10.2. The molecular formula is C21H21ClF3N3O5. The van der Waals surface area contributed by atoms with Crippen molar-refractivity contribution < 1.29 is 37.0 Å². The van der Waals surface area contributed by atoms with Gasteiger partial charge in [-0.3, -0.25) is 9.59 Å². The van der Waals surface area contributed by atoms with Crippen molar-refractivity contribution in [3.63, 3.8) is 0 Å². The molecule has 178 valence electrons. The average molecular weight is 488 g/mol. The lowest BCUT2D eigenvalue weighted by atomic mass is 9.60. The summed E-state index contributed by atoms with van der Waals surface area (Å²) in [7, 11) is 0. The van der Waals surface area contributed by atoms with E-state index in [4.69, 9.17) is 20.8 Å². The summed E-state index contributed by atoms with van der Waals surface area (Å²) >= 11 is 5.62. The average Bonchev–Trinajstić information content (AvgIpc) is 3.27. The summed E-state index contributed by atoms with van der Waals surface area (Å²) in [6.07, 6.45) is -1.11. The van der Waals surface area contributed by atoms with E-state index in [1.165, 1.54) is 12.1 Å². The second kappa shape index (κ2) is 8.86. The van der Waals surface area contributed by atoms with Crippen LogP contribution in [0.4, 0.5) is 13.2 Å². The Bertz CT molecular complexity index is 1060. The monoisotopic (exact) mass is 487 g/mol. The van der Waals surface area contributed by atoms with Gasteiger partial charge in [0.05, 0.1) is 22.9 Å². The molecule has 1 heterocycles. The number of alkyl halides is 2. The predicted octanol–water partition coefficient (Wildman–Crippen LogP) is 3.15. The van der Waals surface area contributed by atoms with Gasteiger partial charge < -0.3 is 24.9 Å². The van der Waals surface area contributed by atoms with Crippen LogP contribution in [0.15, 0.2) is 28.8 Å². The Kier molecular flexibility index (Phi) is 6.28. The molecule has 33 heavy (non-hydrogen) atoms. The van der Waals surface area contributed by atoms with Gasteiger partial charge in [0.1, 0.15) is 11.6 Å². The minimum atomic E-state index is -2.93. The number of aliphatic hydroxyl groups is 1. The summed E-state index contributed by atoms with van der Waals surface area (Å²) in [5.74, 6) is -2.87. The number of hydrogen-bond donors (Lipinski definition) is 3. The molecule has 1 atom stereocenters. The van der Waals surface area contributed by atoms with Crippen LogP contribution in [0, 0.1) is 5.82 Å². The first-order valence-corrected chi connectivity index (χ1v) is 10.6. The molecule has 3 N–H and O–H groups in total. The molecule has 0 spiro atoms. The minimum Gasteiger partial charge on any atom is -0.484 e. The lowest BCUT2D eigenvalue weighted by molar-refractivity contribution is -0.132. The molecule has 3 aliphatic carbocycles. The van der Waals surface area contributed by atoms with Crippen molar-refractivity contribution in [3.05, 3.63) is 46.9 Å². The van der Waals surface area contributed by atoms with Crippen molar-refractivity contribution in [1.29, 1.82) is 0 Å². The maximum atomic E-state index is 13.5. The number of hydrogen-bond acceptors (Lipinski definition) is 6. The molecule has 1 aromatic carbocycles. The molecule has 3 aliphatic rings. The molecule has 0 radical (unpaired) electrons. The van der Waals surface area contributed by atoms with E-state index in [9.17, 15) is 27.9 Å². The van der Waals surface area contributed by atoms with E-state index in [2.05, 4.69) is 15.6 Å². The maximum Gasteiger partial charge on any atom is 0.313 e. The number of halogens is 4. The molecule has 0 unspecified atom stereocenters. The van der Waals surface area contributed by atoms with Crippen LogP contribution in [-0.2, 0) is 4.79 Å². The summed E-state index contributed by atoms with van der Waals surface area (Å²) in [6, 6.07) is 3.82. The van der Waals surface area contributed by atoms with Crippen LogP contribution < -0.4 is 15.4 Å². The number of benzene rings is 1. The highest BCUT2D eigenvalue weighted by Gasteiger charge is 2.55. The van der Waals surface area contributed by atoms with Crippen LogP contribution in [0.1, 0.15) is 55.0 Å². The Morgan fingerprint density at radius 2 is 2.00 bits per heavy atom. The van der Waals surface area contributed by atoms with Crippen molar-refractivity contribution in [2.45, 2.75) is 55.7 Å². The van der Waals surface area contributed by atoms with E-state index < -0.39 is 47.1 Å². The van der Waals surface area contributed by atoms with Gasteiger partial charge in [0.15, 0.2) is 6.61 Å². The van der Waals surface area contributed by atoms with Crippen molar-refractivity contribution in [2.24, 2.45) is 0 Å². The summed E-state index contributed by atoms with van der Waals surface area (Å²) < 4.78 is 48.9. The van der Waals surface area contributed by atoms with Gasteiger partial charge in [0.2, 0.25) is 5.76 Å². The van der Waals surface area contributed by atoms with Crippen molar-refractivity contribution >= 4 is 23.4 Å². The van der Waals surface area contributed by atoms with Gasteiger partial charge in [-0.25, -0.2) is 9.37 Å². The van der Waals surface area contributed by atoms with Gasteiger partial charge in [-0.15, -0.1) is 0 Å². The second-order valence-electron chi connectivity index (χ2n) is 8.39. The predicted molar refractivity (Wildman–Crippen MR) is 109 cm³/mol. The topological polar surface area (TPSA) is 114 Å². The molecule has 2 aromatic rings. The highest BCUT2D eigenvalue weighted by Crippen LogP contribution is 2.47. The van der Waals surface area contributed by atoms with Gasteiger partial charge in [0, 0.05) is 11.6 Å². The quantitative estimate of drug-likeness (QED) is 0.553. The summed E-state index contributed by atoms with van der Waals surface area (Å²) in [5.41, 5.74) is -1.63. The van der Waals surface area contributed by atoms with Crippen LogP contribution in [0.5, 0.6) is 5.75 Å². The van der Waals surface area contributed by atoms with E-state index in [1.807, 2.05) is 0 Å². The first kappa shape index (κ1) is 23.4. The van der Waals surface area contributed by atoms with E-state index in [-0.39, 0.29) is 29.6 Å². The number of fused-ring (bicyclic) bond motifs is 3. The Hall–Kier alpha value is -2.79. The standard InChI is InChI=1S/C21H21ClF3N3O5/c22-12-2-1-11(7-13(12)23)32-10-16(30)27-21-5-3-20(4-6-21,8-15(21)29)28-18(31)14-9-26-19(33-14)17(24)25/h1-2,7,9,15,17,29H,3-6,8,10H2,(H,27,30)(H,28,31)/t15-,20?,21?/m0/s1. The van der Waals surface area contributed by atoms with Crippen molar-refractivity contribution in [1.82, 2.24) is 15.6 Å². The van der Waals surface area contributed by atoms with Crippen LogP contribution >= 0.6 is 11.6 Å². The van der Waals surface area contributed by atoms with Gasteiger partial charge in [-0.1, -0.05) is 11.6 Å². The third kappa shape index (κ3) is 4.79. The van der Waals surface area contributed by atoms with Crippen LogP contribution in [0.25, 0.3) is 0 Å². The van der Waals surface area contributed by atoms with E-state index in [0.29, 0.717) is 25.7 Å². The molecule has 5 rings (SSSR count). The van der Waals surface area contributed by atoms with Crippen LogP contribution in [0.2, 0.25) is 5.02 Å². The van der Waals surface area contributed by atoms with Crippen LogP contribution in [0.3, 0.4) is 0 Å². The highest BCUT2D eigenvalue weighted by atomic mass is 35.5. The number of aliphatic hydroxyl groups excluding tert-OH is 1. The van der Waals surface area contributed by atoms with Crippen LogP contribution in [-0.4, -0.2) is 45.7 Å². The first-order chi connectivity index (χ1) is 15.6. The van der Waals surface area contributed by atoms with Gasteiger partial charge in [-0.05, 0) is 44.2 Å². The van der Waals surface area contributed by atoms with Gasteiger partial charge in [-0.2, -0.15) is 8.78 Å². The molecule has 0 aliphatic heterocycles. The lowest BCUT2D eigenvalue weighted by Gasteiger charge is -2.56. The smallest absolute Gasteiger partial charge is 0.313 e. The van der Waals surface area contributed by atoms with Crippen molar-refractivity contribution in [3.8, 4) is 5.75 Å². The number of oxazole rings is 1. The number of aromatic nitrogens is 1. The number of rotatable bonds is 7. The largest absolute Gasteiger partial charge is 0.484 e. The maximum absolute atomic E-state index is 13.5. The summed E-state index contributed by atoms with van der Waals surface area (Å²) in [5, 5.41) is 16.3. The fourth-order valence-electron chi connectivity index (χ4n) is 4.49. The zero-order valence-corrected chi connectivity index (χ0v) is 18.0. The zero-order valence-electron chi connectivity index (χ0n) is 17.2. The number of nitrogens with one attached hydrogen (secondary N) is 2. The Morgan fingerprint density at radius 3 is 2.61 bits per heavy atom. The fourth-order valence-corrected chi connectivity index (χ4v) is 4.60. The van der Waals surface area contributed by atoms with E-state index in [0.717, 1.165) is 12.3 Å². The SMILES string of the molecule is O=C(COc1ccc(Cl)c(F)c1)NC12CCC(NC(=O)c3cnc(C(F)F)o3)(CC1)C[C@@H]2O. The van der Waals surface area contributed by atoms with Crippen molar-refractivity contribution in [2.75, 3.05) is 6.61 Å². The number of carbonyl (C=O) groups excluding carboxylic acids is 2. The summed E-state index contributed by atoms with van der Waals surface area (Å²) in [4.78, 5) is 28.3. The Morgan fingerprint density at radius 1 is 1.27 bits per heavy atom. The normalized spacial score (nSPS) is 26.3. The highest BCUT2D eigenvalue weighted by molar-refractivity contribution is 6.30. The third-order valence-corrected chi connectivity index (χ3v) is 6.59. The van der Waals surface area contributed by atoms with E-state index in [1.54, 1.807) is 0 Å². The third-order valence-electron chi connectivity index (χ3n) is 6.28. The molecule has 2 amide bonds. The molecule has 3 saturated carbocycles. The number of amides is 2. The second-order valence-corrected chi connectivity index (χ2v) is 8.79. The molecule has 0 saturated heterocycles.